The van der Waals surface area contributed by atoms with Crippen LogP contribution in [0.15, 0.2) is 17.6 Å². The molecule has 1 atom stereocenters. The molecule has 0 spiro atoms. The molecule has 0 aliphatic rings. The van der Waals surface area contributed by atoms with Gasteiger partial charge in [-0.3, -0.25) is 0 Å². The maximum atomic E-state index is 13.7. The lowest BCUT2D eigenvalue weighted by molar-refractivity contribution is 0.199. The molecule has 2 rings (SSSR count). The molecule has 0 saturated heterocycles. The molecule has 0 unspecified atom stereocenters. The zero-order valence-corrected chi connectivity index (χ0v) is 13.0. The van der Waals surface area contributed by atoms with Crippen molar-refractivity contribution in [2.75, 3.05) is 11.9 Å². The SMILES string of the molecule is Cc1cc(N(C)Cc2scnc2C)c([C@H](C)O)cc1F. The summed E-state index contributed by atoms with van der Waals surface area (Å²) in [5.41, 5.74) is 4.88. The second-order valence-corrected chi connectivity index (χ2v) is 5.99. The summed E-state index contributed by atoms with van der Waals surface area (Å²) < 4.78 is 13.7. The minimum absolute atomic E-state index is 0.285. The smallest absolute Gasteiger partial charge is 0.126 e. The standard InChI is InChI=1S/C15H19FN2OS/c1-9-5-14(12(11(3)19)6-13(9)16)18(4)7-15-10(2)17-8-20-15/h5-6,8,11,19H,7H2,1-4H3/t11-/m0/s1. The molecule has 0 fully saturated rings. The largest absolute Gasteiger partial charge is 0.389 e. The highest BCUT2D eigenvalue weighted by molar-refractivity contribution is 7.09. The predicted octanol–water partition coefficient (Wildman–Crippen LogP) is 3.59. The first kappa shape index (κ1) is 14.9. The van der Waals surface area contributed by atoms with Crippen molar-refractivity contribution in [3.05, 3.63) is 45.2 Å². The van der Waals surface area contributed by atoms with Gasteiger partial charge in [-0.15, -0.1) is 11.3 Å². The van der Waals surface area contributed by atoms with E-state index in [4.69, 9.17) is 0 Å². The molecule has 5 heteroatoms. The van der Waals surface area contributed by atoms with Crippen LogP contribution < -0.4 is 4.90 Å². The van der Waals surface area contributed by atoms with Crippen LogP contribution in [0.25, 0.3) is 0 Å². The fraction of sp³-hybridized carbons (Fsp3) is 0.400. The third kappa shape index (κ3) is 2.99. The van der Waals surface area contributed by atoms with Crippen LogP contribution in [0.3, 0.4) is 0 Å². The van der Waals surface area contributed by atoms with Crippen LogP contribution in [0, 0.1) is 19.7 Å². The monoisotopic (exact) mass is 294 g/mol. The van der Waals surface area contributed by atoms with Crippen molar-refractivity contribution in [1.29, 1.82) is 0 Å². The van der Waals surface area contributed by atoms with Crippen molar-refractivity contribution in [3.63, 3.8) is 0 Å². The summed E-state index contributed by atoms with van der Waals surface area (Å²) in [6.07, 6.45) is -0.704. The van der Waals surface area contributed by atoms with E-state index >= 15 is 0 Å². The first-order chi connectivity index (χ1) is 9.40. The van der Waals surface area contributed by atoms with Crippen LogP contribution in [0.2, 0.25) is 0 Å². The highest BCUT2D eigenvalue weighted by Gasteiger charge is 2.16. The highest BCUT2D eigenvalue weighted by atomic mass is 32.1. The lowest BCUT2D eigenvalue weighted by atomic mass is 10.0. The Morgan fingerprint density at radius 1 is 1.40 bits per heavy atom. The third-order valence-electron chi connectivity index (χ3n) is 3.39. The molecule has 0 bridgehead atoms. The topological polar surface area (TPSA) is 36.4 Å². The Balaban J connectivity index is 2.36. The summed E-state index contributed by atoms with van der Waals surface area (Å²) in [4.78, 5) is 7.43. The molecule has 0 saturated carbocycles. The van der Waals surface area contributed by atoms with E-state index in [9.17, 15) is 9.50 Å². The van der Waals surface area contributed by atoms with E-state index in [-0.39, 0.29) is 5.82 Å². The number of aliphatic hydroxyl groups is 1. The van der Waals surface area contributed by atoms with Gasteiger partial charge in [-0.25, -0.2) is 9.37 Å². The quantitative estimate of drug-likeness (QED) is 0.936. The van der Waals surface area contributed by atoms with Crippen molar-refractivity contribution >= 4 is 17.0 Å². The molecule has 2 aromatic rings. The number of aliphatic hydroxyl groups excluding tert-OH is 1. The number of rotatable bonds is 4. The second kappa shape index (κ2) is 5.89. The highest BCUT2D eigenvalue weighted by Crippen LogP contribution is 2.30. The Morgan fingerprint density at radius 3 is 2.65 bits per heavy atom. The van der Waals surface area contributed by atoms with Crippen LogP contribution in [0.1, 0.15) is 34.7 Å². The van der Waals surface area contributed by atoms with Crippen LogP contribution in [-0.4, -0.2) is 17.1 Å². The zero-order valence-electron chi connectivity index (χ0n) is 12.1. The molecule has 3 nitrogen and oxygen atoms in total. The summed E-state index contributed by atoms with van der Waals surface area (Å²) in [7, 11) is 1.94. The fourth-order valence-corrected chi connectivity index (χ4v) is 2.95. The first-order valence-electron chi connectivity index (χ1n) is 6.48. The van der Waals surface area contributed by atoms with Gasteiger partial charge < -0.3 is 10.0 Å². The van der Waals surface area contributed by atoms with Crippen LogP contribution in [0.5, 0.6) is 0 Å². The molecule has 108 valence electrons. The van der Waals surface area contributed by atoms with Crippen LogP contribution in [-0.2, 0) is 6.54 Å². The van der Waals surface area contributed by atoms with Crippen molar-refractivity contribution < 1.29 is 9.50 Å². The number of hydrogen-bond donors (Lipinski definition) is 1. The van der Waals surface area contributed by atoms with Gasteiger partial charge in [-0.05, 0) is 38.5 Å². The molecule has 0 aliphatic carbocycles. The van der Waals surface area contributed by atoms with Crippen LogP contribution in [0.4, 0.5) is 10.1 Å². The van der Waals surface area contributed by atoms with Crippen molar-refractivity contribution in [2.24, 2.45) is 0 Å². The molecule has 1 aromatic carbocycles. The average Bonchev–Trinajstić information content (AvgIpc) is 2.77. The molecular weight excluding hydrogens is 275 g/mol. The fourth-order valence-electron chi connectivity index (χ4n) is 2.13. The zero-order chi connectivity index (χ0) is 14.9. The van der Waals surface area contributed by atoms with E-state index in [1.807, 2.05) is 24.4 Å². The van der Waals surface area contributed by atoms with E-state index in [2.05, 4.69) is 4.98 Å². The number of anilines is 1. The maximum absolute atomic E-state index is 13.7. The first-order valence-corrected chi connectivity index (χ1v) is 7.36. The van der Waals surface area contributed by atoms with E-state index < -0.39 is 6.10 Å². The maximum Gasteiger partial charge on any atom is 0.126 e. The van der Waals surface area contributed by atoms with Crippen molar-refractivity contribution in [1.82, 2.24) is 4.98 Å². The normalized spacial score (nSPS) is 12.5. The number of halogens is 1. The van der Waals surface area contributed by atoms with Crippen molar-refractivity contribution in [3.8, 4) is 0 Å². The van der Waals surface area contributed by atoms with Gasteiger partial charge in [0.1, 0.15) is 5.82 Å². The summed E-state index contributed by atoms with van der Waals surface area (Å²) in [5, 5.41) is 9.85. The Bertz CT molecular complexity index is 610. The van der Waals surface area contributed by atoms with Gasteiger partial charge in [0.15, 0.2) is 0 Å². The number of hydrogen-bond acceptors (Lipinski definition) is 4. The van der Waals surface area contributed by atoms with Crippen LogP contribution >= 0.6 is 11.3 Å². The lowest BCUT2D eigenvalue weighted by Crippen LogP contribution is -2.19. The third-order valence-corrected chi connectivity index (χ3v) is 4.31. The van der Waals surface area contributed by atoms with Gasteiger partial charge in [0, 0.05) is 23.2 Å². The Kier molecular flexibility index (Phi) is 4.40. The van der Waals surface area contributed by atoms with Gasteiger partial charge in [0.05, 0.1) is 23.9 Å². The molecular formula is C15H19FN2OS. The van der Waals surface area contributed by atoms with Gasteiger partial charge in [0.2, 0.25) is 0 Å². The van der Waals surface area contributed by atoms with E-state index in [0.29, 0.717) is 17.7 Å². The van der Waals surface area contributed by atoms with Crippen molar-refractivity contribution in [2.45, 2.75) is 33.4 Å². The van der Waals surface area contributed by atoms with Gasteiger partial charge in [-0.1, -0.05) is 0 Å². The molecule has 20 heavy (non-hydrogen) atoms. The second-order valence-electron chi connectivity index (χ2n) is 5.05. The minimum atomic E-state index is -0.704. The number of benzene rings is 1. The summed E-state index contributed by atoms with van der Waals surface area (Å²) in [6, 6.07) is 3.21. The Morgan fingerprint density at radius 2 is 2.10 bits per heavy atom. The summed E-state index contributed by atoms with van der Waals surface area (Å²) in [5.74, 6) is -0.285. The number of aromatic nitrogens is 1. The minimum Gasteiger partial charge on any atom is -0.389 e. The van der Waals surface area contributed by atoms with E-state index in [1.54, 1.807) is 31.3 Å². The number of thiazole rings is 1. The Hall–Kier alpha value is -1.46. The number of aryl methyl sites for hydroxylation is 2. The van der Waals surface area contributed by atoms with E-state index in [0.717, 1.165) is 11.4 Å². The summed E-state index contributed by atoms with van der Waals surface area (Å²) in [6.45, 7) is 6.06. The van der Waals surface area contributed by atoms with Gasteiger partial charge >= 0.3 is 0 Å². The lowest BCUT2D eigenvalue weighted by Gasteiger charge is -2.24. The van der Waals surface area contributed by atoms with E-state index in [1.165, 1.54) is 10.9 Å². The molecule has 1 N–H and O–H groups in total. The molecule has 1 heterocycles. The summed E-state index contributed by atoms with van der Waals surface area (Å²) >= 11 is 1.60. The number of nitrogens with zero attached hydrogens (tertiary/aromatic N) is 2. The molecule has 0 amide bonds. The predicted molar refractivity (Wildman–Crippen MR) is 80.7 cm³/mol. The molecule has 0 radical (unpaired) electrons. The average molecular weight is 294 g/mol. The molecule has 1 aromatic heterocycles. The van der Waals surface area contributed by atoms with Gasteiger partial charge in [-0.2, -0.15) is 0 Å². The Labute approximate surface area is 122 Å². The molecule has 0 aliphatic heterocycles. The van der Waals surface area contributed by atoms with Gasteiger partial charge in [0.25, 0.3) is 0 Å².